The number of hydrogen-bond acceptors (Lipinski definition) is 5. The van der Waals surface area contributed by atoms with Gasteiger partial charge in [0.2, 0.25) is 0 Å². The second kappa shape index (κ2) is 8.77. The smallest absolute Gasteiger partial charge is 0.303 e. The van der Waals surface area contributed by atoms with Gasteiger partial charge in [0, 0.05) is 30.2 Å². The molecule has 1 aliphatic rings. The number of pyridine rings is 1. The highest BCUT2D eigenvalue weighted by Crippen LogP contribution is 2.38. The Morgan fingerprint density at radius 2 is 2.00 bits per heavy atom. The average molecular weight is 387 g/mol. The van der Waals surface area contributed by atoms with Crippen LogP contribution in [0.2, 0.25) is 0 Å². The number of thiophene rings is 1. The maximum Gasteiger partial charge on any atom is 0.303 e. The van der Waals surface area contributed by atoms with Crippen LogP contribution in [0, 0.1) is 0 Å². The molecule has 1 aliphatic carbocycles. The normalized spacial score (nSPS) is 12.9. The fraction of sp³-hybridized carbons (Fsp3) is 0.368. The zero-order valence-corrected chi connectivity index (χ0v) is 15.6. The quantitative estimate of drug-likeness (QED) is 0.633. The maximum atomic E-state index is 12.7. The fourth-order valence-electron chi connectivity index (χ4n) is 3.10. The van der Waals surface area contributed by atoms with Gasteiger partial charge in [-0.05, 0) is 49.8 Å². The van der Waals surface area contributed by atoms with Crippen molar-refractivity contribution in [2.45, 2.75) is 38.5 Å². The van der Waals surface area contributed by atoms with E-state index in [1.807, 2.05) is 0 Å². The van der Waals surface area contributed by atoms with Gasteiger partial charge in [0.15, 0.2) is 0 Å². The molecule has 0 fully saturated rings. The summed E-state index contributed by atoms with van der Waals surface area (Å²) < 4.78 is 0. The minimum atomic E-state index is -0.887. The Kier molecular flexibility index (Phi) is 6.18. The first kappa shape index (κ1) is 19.0. The highest BCUT2D eigenvalue weighted by Gasteiger charge is 2.26. The van der Waals surface area contributed by atoms with Gasteiger partial charge in [0.1, 0.15) is 5.00 Å². The van der Waals surface area contributed by atoms with Gasteiger partial charge < -0.3 is 15.7 Å². The third kappa shape index (κ3) is 4.71. The van der Waals surface area contributed by atoms with Crippen LogP contribution in [-0.4, -0.2) is 34.4 Å². The highest BCUT2D eigenvalue weighted by molar-refractivity contribution is 7.17. The maximum absolute atomic E-state index is 12.7. The summed E-state index contributed by atoms with van der Waals surface area (Å²) in [6.45, 7) is 0.283. The molecule has 2 amide bonds. The molecule has 0 radical (unpaired) electrons. The molecule has 0 aliphatic heterocycles. The molecular weight excluding hydrogens is 366 g/mol. The molecule has 0 bridgehead atoms. The Hall–Kier alpha value is -2.74. The van der Waals surface area contributed by atoms with E-state index in [0.29, 0.717) is 22.5 Å². The number of carbonyl (C=O) groups excluding carboxylic acids is 2. The third-order valence-corrected chi connectivity index (χ3v) is 5.61. The van der Waals surface area contributed by atoms with Crippen LogP contribution in [0.15, 0.2) is 24.5 Å². The van der Waals surface area contributed by atoms with Gasteiger partial charge in [0.25, 0.3) is 11.8 Å². The van der Waals surface area contributed by atoms with E-state index in [-0.39, 0.29) is 24.8 Å². The number of aliphatic carboxylic acids is 1. The minimum Gasteiger partial charge on any atom is -0.481 e. The number of rotatable bonds is 7. The van der Waals surface area contributed by atoms with Crippen LogP contribution in [0.3, 0.4) is 0 Å². The number of aromatic nitrogens is 1. The van der Waals surface area contributed by atoms with E-state index >= 15 is 0 Å². The van der Waals surface area contributed by atoms with Crippen molar-refractivity contribution in [3.8, 4) is 0 Å². The van der Waals surface area contributed by atoms with Crippen molar-refractivity contribution in [2.24, 2.45) is 0 Å². The number of nitrogens with zero attached hydrogens (tertiary/aromatic N) is 1. The first-order chi connectivity index (χ1) is 13.1. The molecule has 0 unspecified atom stereocenters. The number of carboxylic acids is 1. The van der Waals surface area contributed by atoms with E-state index in [1.165, 1.54) is 17.5 Å². The number of carboxylic acid groups (broad SMARTS) is 1. The molecule has 0 spiro atoms. The second-order valence-electron chi connectivity index (χ2n) is 6.36. The van der Waals surface area contributed by atoms with Crippen molar-refractivity contribution in [1.82, 2.24) is 10.3 Å². The number of anilines is 1. The van der Waals surface area contributed by atoms with Crippen LogP contribution in [0.4, 0.5) is 5.00 Å². The standard InChI is InChI=1S/C19H21N3O4S/c23-15(24)8-4-10-21-18(26)16-13-6-1-2-7-14(13)27-19(16)22-17(25)12-5-3-9-20-11-12/h3,5,9,11H,1-2,4,6-8,10H2,(H,21,26)(H,22,25)(H,23,24). The molecule has 3 rings (SSSR count). The van der Waals surface area contributed by atoms with Gasteiger partial charge >= 0.3 is 5.97 Å². The summed E-state index contributed by atoms with van der Waals surface area (Å²) in [6.07, 6.45) is 7.25. The fourth-order valence-corrected chi connectivity index (χ4v) is 4.38. The van der Waals surface area contributed by atoms with Gasteiger partial charge in [-0.3, -0.25) is 19.4 Å². The van der Waals surface area contributed by atoms with Crippen LogP contribution in [-0.2, 0) is 17.6 Å². The van der Waals surface area contributed by atoms with Crippen molar-refractivity contribution in [1.29, 1.82) is 0 Å². The summed E-state index contributed by atoms with van der Waals surface area (Å²) in [5, 5.41) is 14.9. The SMILES string of the molecule is O=C(O)CCCNC(=O)c1c(NC(=O)c2cccnc2)sc2c1CCCC2. The van der Waals surface area contributed by atoms with E-state index in [2.05, 4.69) is 15.6 Å². The molecule has 0 saturated heterocycles. The molecule has 0 atom stereocenters. The van der Waals surface area contributed by atoms with Gasteiger partial charge in [-0.1, -0.05) is 0 Å². The lowest BCUT2D eigenvalue weighted by Crippen LogP contribution is -2.27. The van der Waals surface area contributed by atoms with Crippen molar-refractivity contribution in [3.05, 3.63) is 46.1 Å². The summed E-state index contributed by atoms with van der Waals surface area (Å²) in [4.78, 5) is 40.9. The molecule has 7 nitrogen and oxygen atoms in total. The van der Waals surface area contributed by atoms with E-state index in [9.17, 15) is 14.4 Å². The number of amides is 2. The topological polar surface area (TPSA) is 108 Å². The highest BCUT2D eigenvalue weighted by atomic mass is 32.1. The van der Waals surface area contributed by atoms with Gasteiger partial charge in [-0.2, -0.15) is 0 Å². The Bertz CT molecular complexity index is 848. The lowest BCUT2D eigenvalue weighted by molar-refractivity contribution is -0.137. The molecule has 0 aromatic carbocycles. The second-order valence-corrected chi connectivity index (χ2v) is 7.47. The van der Waals surface area contributed by atoms with Crippen LogP contribution >= 0.6 is 11.3 Å². The van der Waals surface area contributed by atoms with Crippen LogP contribution in [0.25, 0.3) is 0 Å². The predicted octanol–water partition coefficient (Wildman–Crippen LogP) is 2.87. The summed E-state index contributed by atoms with van der Waals surface area (Å²) in [7, 11) is 0. The minimum absolute atomic E-state index is 0.00657. The van der Waals surface area contributed by atoms with E-state index in [0.717, 1.165) is 36.1 Å². The monoisotopic (exact) mass is 387 g/mol. The van der Waals surface area contributed by atoms with E-state index < -0.39 is 5.97 Å². The lowest BCUT2D eigenvalue weighted by atomic mass is 9.95. The van der Waals surface area contributed by atoms with Crippen LogP contribution in [0.5, 0.6) is 0 Å². The molecule has 2 aromatic heterocycles. The van der Waals surface area contributed by atoms with Crippen molar-refractivity contribution < 1.29 is 19.5 Å². The molecule has 8 heteroatoms. The van der Waals surface area contributed by atoms with E-state index in [4.69, 9.17) is 5.11 Å². The zero-order chi connectivity index (χ0) is 19.2. The Balaban J connectivity index is 1.79. The largest absolute Gasteiger partial charge is 0.481 e. The number of carbonyl (C=O) groups is 3. The van der Waals surface area contributed by atoms with Crippen molar-refractivity contribution in [2.75, 3.05) is 11.9 Å². The van der Waals surface area contributed by atoms with Gasteiger partial charge in [-0.25, -0.2) is 0 Å². The number of nitrogens with one attached hydrogen (secondary N) is 2. The Morgan fingerprint density at radius 1 is 1.19 bits per heavy atom. The molecule has 2 heterocycles. The van der Waals surface area contributed by atoms with Crippen molar-refractivity contribution in [3.63, 3.8) is 0 Å². The Labute approximate surface area is 160 Å². The molecule has 3 N–H and O–H groups in total. The number of fused-ring (bicyclic) bond motifs is 1. The molecule has 0 saturated carbocycles. The molecule has 27 heavy (non-hydrogen) atoms. The lowest BCUT2D eigenvalue weighted by Gasteiger charge is -2.13. The number of aryl methyl sites for hydroxylation is 1. The van der Waals surface area contributed by atoms with Gasteiger partial charge in [0.05, 0.1) is 11.1 Å². The first-order valence-corrected chi connectivity index (χ1v) is 9.74. The van der Waals surface area contributed by atoms with E-state index in [1.54, 1.807) is 18.3 Å². The third-order valence-electron chi connectivity index (χ3n) is 4.40. The Morgan fingerprint density at radius 3 is 2.74 bits per heavy atom. The van der Waals surface area contributed by atoms with Crippen molar-refractivity contribution >= 4 is 34.1 Å². The summed E-state index contributed by atoms with van der Waals surface area (Å²) in [6, 6.07) is 3.35. The molecular formula is C19H21N3O4S. The molecule has 2 aromatic rings. The average Bonchev–Trinajstić information content (AvgIpc) is 3.03. The van der Waals surface area contributed by atoms with Crippen LogP contribution < -0.4 is 10.6 Å². The summed E-state index contributed by atoms with van der Waals surface area (Å²) in [5.41, 5.74) is 1.95. The van der Waals surface area contributed by atoms with Gasteiger partial charge in [-0.15, -0.1) is 11.3 Å². The molecule has 142 valence electrons. The van der Waals surface area contributed by atoms with Crippen LogP contribution in [0.1, 0.15) is 56.8 Å². The number of hydrogen-bond donors (Lipinski definition) is 3. The summed E-state index contributed by atoms with van der Waals surface area (Å²) >= 11 is 1.45. The predicted molar refractivity (Wildman–Crippen MR) is 102 cm³/mol. The summed E-state index contributed by atoms with van der Waals surface area (Å²) in [5.74, 6) is -1.45. The zero-order valence-electron chi connectivity index (χ0n) is 14.8. The first-order valence-electron chi connectivity index (χ1n) is 8.92.